The van der Waals surface area contributed by atoms with Gasteiger partial charge >= 0.3 is 12.2 Å². The molecule has 0 saturated heterocycles. The molecule has 4 N–H and O–H groups in total. The summed E-state index contributed by atoms with van der Waals surface area (Å²) in [5, 5.41) is 0. The van der Waals surface area contributed by atoms with E-state index < -0.39 is 23.6 Å². The Hall–Kier alpha value is -1.66. The predicted molar refractivity (Wildman–Crippen MR) is 42.7 cm³/mol. The lowest BCUT2D eigenvalue weighted by molar-refractivity contribution is -0.107. The van der Waals surface area contributed by atoms with Gasteiger partial charge in [0.1, 0.15) is 0 Å². The molecule has 0 aromatic carbocycles. The van der Waals surface area contributed by atoms with Crippen molar-refractivity contribution in [1.29, 1.82) is 0 Å². The lowest BCUT2D eigenvalue weighted by atomic mass is 10.2. The summed E-state index contributed by atoms with van der Waals surface area (Å²) in [4.78, 5) is 11.1. The molecule has 1 heterocycles. The summed E-state index contributed by atoms with van der Waals surface area (Å²) in [5.74, 6) is 0. The van der Waals surface area contributed by atoms with Crippen molar-refractivity contribution in [3.63, 3.8) is 0 Å². The lowest BCUT2D eigenvalue weighted by Gasteiger charge is -2.27. The van der Waals surface area contributed by atoms with Gasteiger partial charge < -0.3 is 11.5 Å². The molecular weight excluding hydrogens is 199 g/mol. The fourth-order valence-electron chi connectivity index (χ4n) is 1.13. The second kappa shape index (κ2) is 3.24. The topological polar surface area (TPSA) is 72.4 Å². The van der Waals surface area contributed by atoms with Crippen LogP contribution in [-0.2, 0) is 0 Å². The molecule has 0 atom stereocenters. The Labute approximate surface area is 77.6 Å². The molecule has 1 aliphatic rings. The molecular formula is C7H8F3N3O. The van der Waals surface area contributed by atoms with Crippen molar-refractivity contribution in [1.82, 2.24) is 4.90 Å². The summed E-state index contributed by atoms with van der Waals surface area (Å²) >= 11 is 0. The number of carbonyl (C=O) groups excluding carboxylic acids is 1. The highest BCUT2D eigenvalue weighted by Crippen LogP contribution is 2.31. The predicted octanol–water partition coefficient (Wildman–Crippen LogP) is 0.670. The average Bonchev–Trinajstić information content (AvgIpc) is 2.01. The quantitative estimate of drug-likeness (QED) is 0.612. The van der Waals surface area contributed by atoms with Crippen molar-refractivity contribution in [2.45, 2.75) is 6.18 Å². The molecule has 0 saturated carbocycles. The molecule has 14 heavy (non-hydrogen) atoms. The van der Waals surface area contributed by atoms with E-state index in [4.69, 9.17) is 11.5 Å². The molecule has 0 radical (unpaired) electrons. The molecule has 0 bridgehead atoms. The van der Waals surface area contributed by atoms with Crippen LogP contribution in [0.25, 0.3) is 0 Å². The van der Waals surface area contributed by atoms with Crippen LogP contribution < -0.4 is 11.5 Å². The van der Waals surface area contributed by atoms with Gasteiger partial charge in [-0.15, -0.1) is 0 Å². The minimum atomic E-state index is -4.68. The Bertz CT molecular complexity index is 319. The Balaban J connectivity index is 3.15. The van der Waals surface area contributed by atoms with Gasteiger partial charge in [-0.1, -0.05) is 6.08 Å². The number of allylic oxidation sites excluding steroid dienone is 2. The zero-order chi connectivity index (χ0) is 10.9. The molecule has 0 aliphatic carbocycles. The second-order valence-electron chi connectivity index (χ2n) is 2.65. The van der Waals surface area contributed by atoms with Crippen LogP contribution in [0.2, 0.25) is 0 Å². The van der Waals surface area contributed by atoms with Crippen LogP contribution in [0.3, 0.4) is 0 Å². The zero-order valence-electron chi connectivity index (χ0n) is 7.01. The molecule has 0 aromatic rings. The van der Waals surface area contributed by atoms with Crippen molar-refractivity contribution in [2.24, 2.45) is 11.5 Å². The second-order valence-corrected chi connectivity index (χ2v) is 2.65. The zero-order valence-corrected chi connectivity index (χ0v) is 7.01. The normalized spacial score (nSPS) is 17.5. The molecule has 78 valence electrons. The number of primary amides is 1. The van der Waals surface area contributed by atoms with Crippen LogP contribution in [0.1, 0.15) is 0 Å². The highest BCUT2D eigenvalue weighted by molar-refractivity contribution is 5.75. The maximum absolute atomic E-state index is 12.4. The van der Waals surface area contributed by atoms with E-state index in [9.17, 15) is 18.0 Å². The summed E-state index contributed by atoms with van der Waals surface area (Å²) in [6, 6.07) is -1.18. The molecule has 0 spiro atoms. The van der Waals surface area contributed by atoms with Crippen LogP contribution >= 0.6 is 0 Å². The number of amides is 2. The maximum atomic E-state index is 12.4. The summed E-state index contributed by atoms with van der Waals surface area (Å²) in [6.45, 7) is -0.217. The number of hydrogen-bond donors (Lipinski definition) is 2. The molecule has 1 rings (SSSR count). The average molecular weight is 207 g/mol. The van der Waals surface area contributed by atoms with E-state index in [0.717, 1.165) is 6.08 Å². The molecule has 2 amide bonds. The fourth-order valence-corrected chi connectivity index (χ4v) is 1.13. The summed E-state index contributed by atoms with van der Waals surface area (Å²) in [7, 11) is 0. The molecule has 0 fully saturated rings. The summed E-state index contributed by atoms with van der Waals surface area (Å²) < 4.78 is 37.1. The number of halogens is 3. The van der Waals surface area contributed by atoms with Crippen molar-refractivity contribution < 1.29 is 18.0 Å². The summed E-state index contributed by atoms with van der Waals surface area (Å²) in [6.07, 6.45) is -2.25. The molecule has 4 nitrogen and oxygen atoms in total. The van der Waals surface area contributed by atoms with Crippen LogP contribution in [0.5, 0.6) is 0 Å². The third-order valence-corrected chi connectivity index (χ3v) is 1.66. The number of hydrogen-bond acceptors (Lipinski definition) is 2. The number of urea groups is 1. The molecule has 1 aliphatic heterocycles. The number of nitrogens with two attached hydrogens (primary N) is 2. The standard InChI is InChI=1S/C7H8F3N3O/c8-7(9,10)5-4(11)2-1-3-13(5)6(12)14/h1-2H,3,11H2,(H2,12,14). The van der Waals surface area contributed by atoms with Gasteiger partial charge in [0.2, 0.25) is 0 Å². The number of carbonyl (C=O) groups is 1. The third kappa shape index (κ3) is 1.81. The highest BCUT2D eigenvalue weighted by Gasteiger charge is 2.42. The van der Waals surface area contributed by atoms with Crippen molar-refractivity contribution in [3.8, 4) is 0 Å². The van der Waals surface area contributed by atoms with Gasteiger partial charge in [-0.2, -0.15) is 13.2 Å². The van der Waals surface area contributed by atoms with Gasteiger partial charge in [-0.3, -0.25) is 4.90 Å². The van der Waals surface area contributed by atoms with Crippen LogP contribution in [0.4, 0.5) is 18.0 Å². The maximum Gasteiger partial charge on any atom is 0.433 e. The Morgan fingerprint density at radius 3 is 2.43 bits per heavy atom. The van der Waals surface area contributed by atoms with Crippen molar-refractivity contribution in [2.75, 3.05) is 6.54 Å². The van der Waals surface area contributed by atoms with E-state index in [2.05, 4.69) is 0 Å². The SMILES string of the molecule is NC(=O)N1CC=CC(N)=C1C(F)(F)F. The Morgan fingerprint density at radius 1 is 1.50 bits per heavy atom. The number of nitrogens with zero attached hydrogens (tertiary/aromatic N) is 1. The van der Waals surface area contributed by atoms with Crippen LogP contribution in [-0.4, -0.2) is 23.7 Å². The van der Waals surface area contributed by atoms with Crippen molar-refractivity contribution >= 4 is 6.03 Å². The highest BCUT2D eigenvalue weighted by atomic mass is 19.4. The van der Waals surface area contributed by atoms with E-state index >= 15 is 0 Å². The molecule has 0 unspecified atom stereocenters. The fraction of sp³-hybridized carbons (Fsp3) is 0.286. The molecule has 0 aromatic heterocycles. The smallest absolute Gasteiger partial charge is 0.397 e. The Kier molecular flexibility index (Phi) is 2.41. The first-order chi connectivity index (χ1) is 6.34. The van der Waals surface area contributed by atoms with E-state index in [-0.39, 0.29) is 6.54 Å². The van der Waals surface area contributed by atoms with Gasteiger partial charge in [-0.25, -0.2) is 4.79 Å². The van der Waals surface area contributed by atoms with Crippen LogP contribution in [0, 0.1) is 0 Å². The number of alkyl halides is 3. The van der Waals surface area contributed by atoms with E-state index in [0.29, 0.717) is 4.90 Å². The third-order valence-electron chi connectivity index (χ3n) is 1.66. The minimum Gasteiger partial charge on any atom is -0.397 e. The monoisotopic (exact) mass is 207 g/mol. The Morgan fingerprint density at radius 2 is 2.07 bits per heavy atom. The largest absolute Gasteiger partial charge is 0.433 e. The van der Waals surface area contributed by atoms with Crippen LogP contribution in [0.15, 0.2) is 23.5 Å². The van der Waals surface area contributed by atoms with Crippen molar-refractivity contribution in [3.05, 3.63) is 23.5 Å². The summed E-state index contributed by atoms with van der Waals surface area (Å²) in [5.41, 5.74) is 8.18. The van der Waals surface area contributed by atoms with Gasteiger partial charge in [0, 0.05) is 6.54 Å². The number of rotatable bonds is 0. The van der Waals surface area contributed by atoms with E-state index in [1.165, 1.54) is 6.08 Å². The first-order valence-corrected chi connectivity index (χ1v) is 3.64. The van der Waals surface area contributed by atoms with E-state index in [1.807, 2.05) is 0 Å². The van der Waals surface area contributed by atoms with Gasteiger partial charge in [0.15, 0.2) is 5.70 Å². The van der Waals surface area contributed by atoms with Gasteiger partial charge in [0.05, 0.1) is 5.70 Å². The lowest BCUT2D eigenvalue weighted by Crippen LogP contribution is -2.43. The van der Waals surface area contributed by atoms with Gasteiger partial charge in [0.25, 0.3) is 0 Å². The minimum absolute atomic E-state index is 0.217. The van der Waals surface area contributed by atoms with E-state index in [1.54, 1.807) is 0 Å². The van der Waals surface area contributed by atoms with Gasteiger partial charge in [-0.05, 0) is 6.08 Å². The first kappa shape index (κ1) is 10.4. The first-order valence-electron chi connectivity index (χ1n) is 3.64. The molecule has 7 heteroatoms.